The summed E-state index contributed by atoms with van der Waals surface area (Å²) >= 11 is 0. The minimum atomic E-state index is -4.81. The Labute approximate surface area is 169 Å². The van der Waals surface area contributed by atoms with Crippen LogP contribution in [0.25, 0.3) is 5.69 Å². The van der Waals surface area contributed by atoms with E-state index in [1.165, 1.54) is 52.4 Å². The van der Waals surface area contributed by atoms with Crippen LogP contribution in [0.2, 0.25) is 0 Å². The normalized spacial score (nSPS) is 11.3. The summed E-state index contributed by atoms with van der Waals surface area (Å²) in [6.45, 7) is 0.000604. The third kappa shape index (κ3) is 5.48. The molecule has 3 aromatic rings. The van der Waals surface area contributed by atoms with E-state index in [1.807, 2.05) is 6.07 Å². The first-order chi connectivity index (χ1) is 14.4. The fraction of sp³-hybridized carbons (Fsp3) is 0.0952. The lowest BCUT2D eigenvalue weighted by Crippen LogP contribution is -2.24. The lowest BCUT2D eigenvalue weighted by molar-refractivity contribution is -0.274. The molecule has 0 amide bonds. The Hall–Kier alpha value is -4.06. The predicted octanol–water partition coefficient (Wildman–Crippen LogP) is 3.76. The average molecular weight is 412 g/mol. The number of nitrogens with zero attached hydrogens (tertiary/aromatic N) is 4. The summed E-state index contributed by atoms with van der Waals surface area (Å²) in [5.74, 6) is 1.89. The van der Waals surface area contributed by atoms with E-state index in [0.717, 1.165) is 0 Å². The van der Waals surface area contributed by atoms with Gasteiger partial charge in [0.1, 0.15) is 11.4 Å². The Balaban J connectivity index is 1.94. The molecule has 9 heteroatoms. The minimum Gasteiger partial charge on any atom is -0.406 e. The topological polar surface area (TPSA) is 59.7 Å². The van der Waals surface area contributed by atoms with Crippen LogP contribution in [0, 0.1) is 12.3 Å². The van der Waals surface area contributed by atoms with Crippen LogP contribution in [0.15, 0.2) is 76.8 Å². The number of anilines is 1. The molecule has 0 aliphatic rings. The first-order valence-corrected chi connectivity index (χ1v) is 8.62. The zero-order chi connectivity index (χ0) is 21.6. The van der Waals surface area contributed by atoms with Gasteiger partial charge in [-0.15, -0.1) is 19.6 Å². The van der Waals surface area contributed by atoms with Gasteiger partial charge in [-0.1, -0.05) is 30.2 Å². The number of ether oxygens (including phenoxy) is 1. The highest BCUT2D eigenvalue weighted by Gasteiger charge is 2.31. The van der Waals surface area contributed by atoms with Crippen LogP contribution in [0.1, 0.15) is 5.69 Å². The van der Waals surface area contributed by atoms with E-state index < -0.39 is 12.1 Å². The lowest BCUT2D eigenvalue weighted by atomic mass is 10.3. The standard InChI is InChI=1S/C21H15F3N4O2/c1-2-12-25-28(16-7-4-3-5-8-16)15-19-20(29)11-13-27(26-19)17-9-6-10-18(14-17)30-21(22,23)24/h1,3-14H,15H2/b25-12-. The van der Waals surface area contributed by atoms with Crippen molar-refractivity contribution in [2.75, 3.05) is 5.01 Å². The molecule has 0 atom stereocenters. The minimum absolute atomic E-state index is 0.000604. The maximum absolute atomic E-state index is 12.5. The van der Waals surface area contributed by atoms with Crippen molar-refractivity contribution in [1.29, 1.82) is 0 Å². The number of para-hydroxylation sites is 1. The van der Waals surface area contributed by atoms with E-state index in [-0.39, 0.29) is 23.4 Å². The molecular weight excluding hydrogens is 397 g/mol. The number of rotatable bonds is 6. The van der Waals surface area contributed by atoms with E-state index in [0.29, 0.717) is 5.69 Å². The molecule has 1 heterocycles. The second-order valence-electron chi connectivity index (χ2n) is 5.92. The van der Waals surface area contributed by atoms with Gasteiger partial charge in [0, 0.05) is 18.3 Å². The van der Waals surface area contributed by atoms with Gasteiger partial charge in [-0.3, -0.25) is 9.80 Å². The zero-order valence-corrected chi connectivity index (χ0v) is 15.5. The Bertz CT molecular complexity index is 1140. The van der Waals surface area contributed by atoms with Crippen molar-refractivity contribution in [2.45, 2.75) is 12.9 Å². The second-order valence-corrected chi connectivity index (χ2v) is 5.92. The summed E-state index contributed by atoms with van der Waals surface area (Å²) < 4.78 is 42.7. The molecular formula is C21H15F3N4O2. The Morgan fingerprint density at radius 2 is 1.93 bits per heavy atom. The Morgan fingerprint density at radius 1 is 1.17 bits per heavy atom. The molecule has 0 spiro atoms. The number of hydrazone groups is 1. The summed E-state index contributed by atoms with van der Waals surface area (Å²) in [7, 11) is 0. The largest absolute Gasteiger partial charge is 0.573 e. The average Bonchev–Trinajstić information content (AvgIpc) is 2.72. The maximum atomic E-state index is 12.5. The quantitative estimate of drug-likeness (QED) is 0.352. The van der Waals surface area contributed by atoms with Crippen molar-refractivity contribution < 1.29 is 17.9 Å². The molecule has 0 aliphatic heterocycles. The molecule has 0 saturated heterocycles. The molecule has 152 valence electrons. The SMILES string of the molecule is C#C/C=N\N(Cc1nn(-c2cccc(OC(F)(F)F)c2)ccc1=O)c1ccccc1. The third-order valence-corrected chi connectivity index (χ3v) is 3.82. The van der Waals surface area contributed by atoms with Crippen molar-refractivity contribution in [3.8, 4) is 23.8 Å². The molecule has 0 saturated carbocycles. The maximum Gasteiger partial charge on any atom is 0.573 e. The van der Waals surface area contributed by atoms with E-state index in [1.54, 1.807) is 24.3 Å². The second kappa shape index (κ2) is 8.96. The molecule has 2 aromatic carbocycles. The van der Waals surface area contributed by atoms with Crippen LogP contribution < -0.4 is 15.2 Å². The van der Waals surface area contributed by atoms with Crippen molar-refractivity contribution >= 4 is 11.9 Å². The van der Waals surface area contributed by atoms with Crippen LogP contribution in [0.5, 0.6) is 5.75 Å². The van der Waals surface area contributed by atoms with Gasteiger partial charge in [-0.2, -0.15) is 10.2 Å². The van der Waals surface area contributed by atoms with Crippen molar-refractivity contribution in [3.05, 3.63) is 82.8 Å². The van der Waals surface area contributed by atoms with Gasteiger partial charge in [0.15, 0.2) is 0 Å². The molecule has 3 rings (SSSR count). The molecule has 0 aliphatic carbocycles. The van der Waals surface area contributed by atoms with Crippen LogP contribution in [0.4, 0.5) is 18.9 Å². The highest BCUT2D eigenvalue weighted by molar-refractivity contribution is 5.78. The highest BCUT2D eigenvalue weighted by atomic mass is 19.4. The molecule has 30 heavy (non-hydrogen) atoms. The molecule has 0 unspecified atom stereocenters. The highest BCUT2D eigenvalue weighted by Crippen LogP contribution is 2.24. The van der Waals surface area contributed by atoms with Crippen LogP contribution >= 0.6 is 0 Å². The molecule has 0 fully saturated rings. The Kier molecular flexibility index (Phi) is 6.17. The van der Waals surface area contributed by atoms with Crippen LogP contribution in [-0.2, 0) is 6.54 Å². The van der Waals surface area contributed by atoms with Crippen LogP contribution in [0.3, 0.4) is 0 Å². The van der Waals surface area contributed by atoms with Crippen molar-refractivity contribution in [2.24, 2.45) is 5.10 Å². The first-order valence-electron chi connectivity index (χ1n) is 8.62. The molecule has 0 N–H and O–H groups in total. The van der Waals surface area contributed by atoms with E-state index in [2.05, 4.69) is 20.9 Å². The predicted molar refractivity (Wildman–Crippen MR) is 106 cm³/mol. The number of terminal acetylenes is 1. The smallest absolute Gasteiger partial charge is 0.406 e. The number of alkyl halides is 3. The Morgan fingerprint density at radius 3 is 2.63 bits per heavy atom. The van der Waals surface area contributed by atoms with Crippen molar-refractivity contribution in [1.82, 2.24) is 9.78 Å². The third-order valence-electron chi connectivity index (χ3n) is 3.82. The summed E-state index contributed by atoms with van der Waals surface area (Å²) in [4.78, 5) is 12.3. The molecule has 0 bridgehead atoms. The van der Waals surface area contributed by atoms with Gasteiger partial charge in [-0.25, -0.2) is 4.68 Å². The number of aromatic nitrogens is 2. The van der Waals surface area contributed by atoms with Gasteiger partial charge in [0.25, 0.3) is 0 Å². The zero-order valence-electron chi connectivity index (χ0n) is 15.5. The van der Waals surface area contributed by atoms with Gasteiger partial charge in [0.05, 0.1) is 24.1 Å². The number of hydrogen-bond donors (Lipinski definition) is 0. The van der Waals surface area contributed by atoms with E-state index in [4.69, 9.17) is 6.42 Å². The first kappa shape index (κ1) is 20.7. The number of benzene rings is 2. The van der Waals surface area contributed by atoms with E-state index >= 15 is 0 Å². The summed E-state index contributed by atoms with van der Waals surface area (Å²) in [6, 6.07) is 15.5. The lowest BCUT2D eigenvalue weighted by Gasteiger charge is -2.18. The van der Waals surface area contributed by atoms with Gasteiger partial charge >= 0.3 is 6.36 Å². The monoisotopic (exact) mass is 412 g/mol. The van der Waals surface area contributed by atoms with E-state index in [9.17, 15) is 18.0 Å². The fourth-order valence-electron chi connectivity index (χ4n) is 2.57. The number of hydrogen-bond acceptors (Lipinski definition) is 5. The summed E-state index contributed by atoms with van der Waals surface area (Å²) in [5, 5.41) is 9.90. The molecule has 6 nitrogen and oxygen atoms in total. The van der Waals surface area contributed by atoms with Crippen molar-refractivity contribution in [3.63, 3.8) is 0 Å². The number of halogens is 3. The van der Waals surface area contributed by atoms with Gasteiger partial charge in [0.2, 0.25) is 5.43 Å². The van der Waals surface area contributed by atoms with Crippen LogP contribution in [-0.4, -0.2) is 22.4 Å². The molecule has 1 aromatic heterocycles. The van der Waals surface area contributed by atoms with Gasteiger partial charge in [-0.05, 0) is 24.3 Å². The molecule has 0 radical (unpaired) electrons. The summed E-state index contributed by atoms with van der Waals surface area (Å²) in [5.41, 5.74) is 0.737. The fourth-order valence-corrected chi connectivity index (χ4v) is 2.57. The summed E-state index contributed by atoms with van der Waals surface area (Å²) in [6.07, 6.45) is 3.02. The van der Waals surface area contributed by atoms with Gasteiger partial charge < -0.3 is 4.74 Å².